The molecule has 3 N–H and O–H groups in total. The molecule has 0 bridgehead atoms. The molecule has 1 aromatic rings. The van der Waals surface area contributed by atoms with Crippen molar-refractivity contribution in [3.63, 3.8) is 0 Å². The van der Waals surface area contributed by atoms with Crippen LogP contribution in [0.2, 0.25) is 0 Å². The van der Waals surface area contributed by atoms with Gasteiger partial charge in [0.2, 0.25) is 0 Å². The maximum absolute atomic E-state index is 11.9. The van der Waals surface area contributed by atoms with Gasteiger partial charge in [-0.25, -0.2) is 4.79 Å². The quantitative estimate of drug-likeness (QED) is 0.730. The Kier molecular flexibility index (Phi) is 5.80. The predicted molar refractivity (Wildman–Crippen MR) is 86.0 cm³/mol. The van der Waals surface area contributed by atoms with E-state index in [9.17, 15) is 9.90 Å². The highest BCUT2D eigenvalue weighted by Gasteiger charge is 2.30. The Morgan fingerprint density at radius 2 is 2.10 bits per heavy atom. The third-order valence-electron chi connectivity index (χ3n) is 3.42. The van der Waals surface area contributed by atoms with Crippen molar-refractivity contribution in [1.82, 2.24) is 5.32 Å². The van der Waals surface area contributed by atoms with Crippen LogP contribution in [0.3, 0.4) is 0 Å². The highest BCUT2D eigenvalue weighted by Crippen LogP contribution is 2.25. The molecule has 4 heteroatoms. The third-order valence-corrected chi connectivity index (χ3v) is 3.42. The lowest BCUT2D eigenvalue weighted by Gasteiger charge is -2.33. The van der Waals surface area contributed by atoms with Crippen molar-refractivity contribution in [3.8, 4) is 12.3 Å². The van der Waals surface area contributed by atoms with Crippen molar-refractivity contribution in [2.24, 2.45) is 11.3 Å². The van der Waals surface area contributed by atoms with Gasteiger partial charge in [-0.1, -0.05) is 39.7 Å². The fourth-order valence-corrected chi connectivity index (χ4v) is 2.18. The monoisotopic (exact) mass is 288 g/mol. The zero-order valence-electron chi connectivity index (χ0n) is 13.1. The van der Waals surface area contributed by atoms with E-state index in [1.807, 2.05) is 27.7 Å². The summed E-state index contributed by atoms with van der Waals surface area (Å²) in [5.74, 6) is 2.66. The van der Waals surface area contributed by atoms with Crippen molar-refractivity contribution >= 4 is 11.7 Å². The summed E-state index contributed by atoms with van der Waals surface area (Å²) in [6.45, 7) is 8.15. The summed E-state index contributed by atoms with van der Waals surface area (Å²) in [7, 11) is 0. The second kappa shape index (κ2) is 7.14. The zero-order chi connectivity index (χ0) is 16.0. The molecule has 0 aliphatic carbocycles. The van der Waals surface area contributed by atoms with Crippen molar-refractivity contribution in [2.75, 3.05) is 11.9 Å². The first-order valence-corrected chi connectivity index (χ1v) is 7.06. The first-order valence-electron chi connectivity index (χ1n) is 7.06. The van der Waals surface area contributed by atoms with E-state index in [1.165, 1.54) is 0 Å². The Hall–Kier alpha value is -1.99. The van der Waals surface area contributed by atoms with Crippen LogP contribution in [0.5, 0.6) is 0 Å². The van der Waals surface area contributed by atoms with Gasteiger partial charge in [0.25, 0.3) is 0 Å². The van der Waals surface area contributed by atoms with E-state index >= 15 is 0 Å². The van der Waals surface area contributed by atoms with E-state index in [2.05, 4.69) is 16.6 Å². The van der Waals surface area contributed by atoms with Crippen molar-refractivity contribution in [2.45, 2.75) is 33.8 Å². The standard InChI is InChI=1S/C17H24N2O2/c1-6-13-8-7-9-14(10-13)19-16(21)18-11-17(4,5)15(20)12(2)3/h1,7-10,12,15,20H,11H2,2-5H3,(H2,18,19,21). The third kappa shape index (κ3) is 5.13. The molecule has 1 aromatic carbocycles. The first kappa shape index (κ1) is 17.1. The van der Waals surface area contributed by atoms with Gasteiger partial charge >= 0.3 is 6.03 Å². The van der Waals surface area contributed by atoms with Crippen LogP contribution in [0.15, 0.2) is 24.3 Å². The molecule has 0 saturated carbocycles. The lowest BCUT2D eigenvalue weighted by molar-refractivity contribution is 0.0154. The van der Waals surface area contributed by atoms with E-state index in [-0.39, 0.29) is 11.9 Å². The molecule has 1 atom stereocenters. The van der Waals surface area contributed by atoms with Gasteiger partial charge in [0.05, 0.1) is 6.10 Å². The Labute approximate surface area is 127 Å². The largest absolute Gasteiger partial charge is 0.392 e. The second-order valence-electron chi connectivity index (χ2n) is 6.21. The number of amides is 2. The molecule has 0 heterocycles. The molecule has 0 aliphatic rings. The number of benzene rings is 1. The number of terminal acetylenes is 1. The number of nitrogens with one attached hydrogen (secondary N) is 2. The summed E-state index contributed by atoms with van der Waals surface area (Å²) in [6.07, 6.45) is 4.84. The molecule has 1 rings (SSSR count). The number of hydrogen-bond donors (Lipinski definition) is 3. The molecule has 0 fully saturated rings. The zero-order valence-corrected chi connectivity index (χ0v) is 13.1. The summed E-state index contributed by atoms with van der Waals surface area (Å²) >= 11 is 0. The van der Waals surface area contributed by atoms with E-state index in [0.717, 1.165) is 0 Å². The molecule has 2 amide bonds. The number of aliphatic hydroxyl groups is 1. The van der Waals surface area contributed by atoms with E-state index in [4.69, 9.17) is 6.42 Å². The van der Waals surface area contributed by atoms with Crippen LogP contribution >= 0.6 is 0 Å². The molecule has 0 aliphatic heterocycles. The van der Waals surface area contributed by atoms with Gasteiger partial charge in [-0.15, -0.1) is 6.42 Å². The minimum absolute atomic E-state index is 0.136. The van der Waals surface area contributed by atoms with Crippen LogP contribution in [-0.2, 0) is 0 Å². The number of anilines is 1. The summed E-state index contributed by atoms with van der Waals surface area (Å²) in [4.78, 5) is 11.9. The van der Waals surface area contributed by atoms with Gasteiger partial charge in [-0.3, -0.25) is 0 Å². The fraction of sp³-hybridized carbons (Fsp3) is 0.471. The van der Waals surface area contributed by atoms with Crippen molar-refractivity contribution < 1.29 is 9.90 Å². The average Bonchev–Trinajstić information content (AvgIpc) is 2.44. The van der Waals surface area contributed by atoms with Crippen molar-refractivity contribution in [3.05, 3.63) is 29.8 Å². The van der Waals surface area contributed by atoms with Gasteiger partial charge in [-0.05, 0) is 24.1 Å². The number of aliphatic hydroxyl groups excluding tert-OH is 1. The maximum atomic E-state index is 11.9. The number of rotatable bonds is 5. The average molecular weight is 288 g/mol. The van der Waals surface area contributed by atoms with Crippen LogP contribution < -0.4 is 10.6 Å². The van der Waals surface area contributed by atoms with Crippen LogP contribution in [0, 0.1) is 23.7 Å². The topological polar surface area (TPSA) is 61.4 Å². The van der Waals surface area contributed by atoms with Gasteiger partial charge in [0.15, 0.2) is 0 Å². The molecule has 0 saturated heterocycles. The number of urea groups is 1. The molecule has 1 unspecified atom stereocenters. The van der Waals surface area contributed by atoms with Gasteiger partial charge in [0.1, 0.15) is 0 Å². The molecule has 21 heavy (non-hydrogen) atoms. The van der Waals surface area contributed by atoms with Crippen LogP contribution in [0.1, 0.15) is 33.3 Å². The van der Waals surface area contributed by atoms with Gasteiger partial charge in [-0.2, -0.15) is 0 Å². The molecule has 0 radical (unpaired) electrons. The summed E-state index contributed by atoms with van der Waals surface area (Å²) < 4.78 is 0. The molecule has 114 valence electrons. The number of hydrogen-bond acceptors (Lipinski definition) is 2. The van der Waals surface area contributed by atoms with Gasteiger partial charge in [0, 0.05) is 23.2 Å². The molecule has 0 spiro atoms. The highest BCUT2D eigenvalue weighted by molar-refractivity contribution is 5.89. The van der Waals surface area contributed by atoms with Crippen LogP contribution in [0.25, 0.3) is 0 Å². The summed E-state index contributed by atoms with van der Waals surface area (Å²) in [6, 6.07) is 6.78. The Morgan fingerprint density at radius 1 is 1.43 bits per heavy atom. The minimum atomic E-state index is -0.484. The van der Waals surface area contributed by atoms with Crippen molar-refractivity contribution in [1.29, 1.82) is 0 Å². The smallest absolute Gasteiger partial charge is 0.319 e. The summed E-state index contributed by atoms with van der Waals surface area (Å²) in [5.41, 5.74) is 0.958. The lowest BCUT2D eigenvalue weighted by Crippen LogP contribution is -2.44. The Balaban J connectivity index is 2.56. The maximum Gasteiger partial charge on any atom is 0.319 e. The van der Waals surface area contributed by atoms with E-state index in [1.54, 1.807) is 24.3 Å². The number of carbonyl (C=O) groups excluding carboxylic acids is 1. The van der Waals surface area contributed by atoms with E-state index < -0.39 is 11.5 Å². The normalized spacial score (nSPS) is 12.6. The van der Waals surface area contributed by atoms with Crippen LogP contribution in [0.4, 0.5) is 10.5 Å². The molecule has 4 nitrogen and oxygen atoms in total. The Morgan fingerprint density at radius 3 is 2.67 bits per heavy atom. The van der Waals surface area contributed by atoms with E-state index in [0.29, 0.717) is 17.8 Å². The second-order valence-corrected chi connectivity index (χ2v) is 6.21. The molecular formula is C17H24N2O2. The molecular weight excluding hydrogens is 264 g/mol. The lowest BCUT2D eigenvalue weighted by atomic mass is 9.81. The minimum Gasteiger partial charge on any atom is -0.392 e. The van der Waals surface area contributed by atoms with Gasteiger partial charge < -0.3 is 15.7 Å². The summed E-state index contributed by atoms with van der Waals surface area (Å²) in [5, 5.41) is 15.6. The Bertz CT molecular complexity index is 530. The SMILES string of the molecule is C#Cc1cccc(NC(=O)NCC(C)(C)C(O)C(C)C)c1. The van der Waals surface area contributed by atoms with Crippen LogP contribution in [-0.4, -0.2) is 23.8 Å². The molecule has 0 aromatic heterocycles. The first-order chi connectivity index (χ1) is 9.76. The highest BCUT2D eigenvalue weighted by atomic mass is 16.3. The predicted octanol–water partition coefficient (Wildman–Crippen LogP) is 2.83. The fourth-order valence-electron chi connectivity index (χ4n) is 2.18. The number of carbonyl (C=O) groups is 1.